The van der Waals surface area contributed by atoms with Crippen LogP contribution in [0.1, 0.15) is 23.6 Å². The lowest BCUT2D eigenvalue weighted by atomic mass is 9.89. The summed E-state index contributed by atoms with van der Waals surface area (Å²) in [5.74, 6) is 0. The van der Waals surface area contributed by atoms with Gasteiger partial charge in [-0.1, -0.05) is 49.4 Å². The number of allylic oxidation sites excluding steroid dienone is 1. The van der Waals surface area contributed by atoms with Gasteiger partial charge in [-0.3, -0.25) is 0 Å². The third-order valence-corrected chi connectivity index (χ3v) is 3.27. The van der Waals surface area contributed by atoms with Crippen LogP contribution in [0.25, 0.3) is 16.8 Å². The third-order valence-electron chi connectivity index (χ3n) is 3.27. The minimum absolute atomic E-state index is 0.750. The highest BCUT2D eigenvalue weighted by Gasteiger charge is 2.10. The first-order valence-electron chi connectivity index (χ1n) is 6.51. The van der Waals surface area contributed by atoms with Crippen LogP contribution in [0, 0.1) is 10.8 Å². The maximum atomic E-state index is 8.35. The molecule has 2 aromatic rings. The van der Waals surface area contributed by atoms with Gasteiger partial charge in [0.25, 0.3) is 0 Å². The molecular formula is C17H16N2O2. The van der Waals surface area contributed by atoms with Gasteiger partial charge in [0.2, 0.25) is 12.2 Å². The second-order valence-electron chi connectivity index (χ2n) is 4.32. The molecule has 1 aliphatic carbocycles. The van der Waals surface area contributed by atoms with E-state index >= 15 is 0 Å². The van der Waals surface area contributed by atoms with Crippen molar-refractivity contribution in [1.29, 1.82) is 10.8 Å². The first-order valence-corrected chi connectivity index (χ1v) is 6.51. The fourth-order valence-corrected chi connectivity index (χ4v) is 2.50. The highest BCUT2D eigenvalue weighted by Crippen LogP contribution is 2.31. The molecular weight excluding hydrogens is 264 g/mol. The molecule has 0 aliphatic heterocycles. The van der Waals surface area contributed by atoms with E-state index in [1.807, 2.05) is 0 Å². The second-order valence-corrected chi connectivity index (χ2v) is 4.32. The van der Waals surface area contributed by atoms with Gasteiger partial charge < -0.3 is 0 Å². The Hall–Kier alpha value is -2.80. The fourth-order valence-electron chi connectivity index (χ4n) is 2.50. The average Bonchev–Trinajstić information content (AvgIpc) is 2.50. The fraction of sp³-hybridized carbons (Fsp3) is 0.176. The Morgan fingerprint density at radius 2 is 1.76 bits per heavy atom. The van der Waals surface area contributed by atoms with Crippen LogP contribution in [0.5, 0.6) is 0 Å². The summed E-state index contributed by atoms with van der Waals surface area (Å²) in [6.07, 6.45) is 8.26. The van der Waals surface area contributed by atoms with Crippen LogP contribution in [0.2, 0.25) is 0 Å². The van der Waals surface area contributed by atoms with Crippen molar-refractivity contribution in [3.05, 3.63) is 53.1 Å². The van der Waals surface area contributed by atoms with Crippen molar-refractivity contribution < 1.29 is 9.59 Å². The molecule has 0 amide bonds. The van der Waals surface area contributed by atoms with E-state index in [0.29, 0.717) is 0 Å². The molecule has 0 aromatic heterocycles. The minimum Gasteiger partial charge on any atom is -0.222 e. The van der Waals surface area contributed by atoms with E-state index in [1.54, 1.807) is 0 Å². The van der Waals surface area contributed by atoms with Crippen molar-refractivity contribution in [2.24, 2.45) is 0 Å². The molecule has 0 unspecified atom stereocenters. The lowest BCUT2D eigenvalue weighted by Gasteiger charge is -2.15. The topological polar surface area (TPSA) is 81.8 Å². The molecule has 21 heavy (non-hydrogen) atoms. The standard InChI is InChI=1S/C15H14.2CHNO/c1-2-11-9-10-13-6-3-5-12-7-4-8-14(11)15(12)13;2*2-1-3/h3-6,8-10H,2,7H2,1H3;2*2H. The van der Waals surface area contributed by atoms with Crippen molar-refractivity contribution in [3.8, 4) is 0 Å². The molecule has 2 aromatic carbocycles. The van der Waals surface area contributed by atoms with E-state index in [2.05, 4.69) is 49.4 Å². The molecule has 3 rings (SSSR count). The molecule has 0 heterocycles. The molecule has 4 heteroatoms. The van der Waals surface area contributed by atoms with Gasteiger partial charge >= 0.3 is 0 Å². The first kappa shape index (κ1) is 16.3. The van der Waals surface area contributed by atoms with Gasteiger partial charge in [-0.25, -0.2) is 20.4 Å². The zero-order valence-corrected chi connectivity index (χ0v) is 11.8. The number of nitrogens with one attached hydrogen (secondary N) is 2. The van der Waals surface area contributed by atoms with Crippen molar-refractivity contribution in [2.45, 2.75) is 19.8 Å². The number of hydrogen-bond acceptors (Lipinski definition) is 4. The summed E-state index contributed by atoms with van der Waals surface area (Å²) in [5, 5.41) is 13.7. The molecule has 0 saturated heterocycles. The van der Waals surface area contributed by atoms with Crippen LogP contribution in [-0.4, -0.2) is 12.2 Å². The van der Waals surface area contributed by atoms with E-state index in [-0.39, 0.29) is 0 Å². The number of rotatable bonds is 1. The molecule has 0 spiro atoms. The summed E-state index contributed by atoms with van der Waals surface area (Å²) in [4.78, 5) is 16.7. The maximum Gasteiger partial charge on any atom is 0.231 e. The molecule has 2 N–H and O–H groups in total. The average molecular weight is 280 g/mol. The third kappa shape index (κ3) is 3.83. The largest absolute Gasteiger partial charge is 0.231 e. The Morgan fingerprint density at radius 1 is 1.10 bits per heavy atom. The zero-order chi connectivity index (χ0) is 15.7. The molecule has 0 atom stereocenters. The van der Waals surface area contributed by atoms with Crippen LogP contribution in [0.4, 0.5) is 0 Å². The molecule has 106 valence electrons. The molecule has 4 nitrogen and oxygen atoms in total. The highest BCUT2D eigenvalue weighted by molar-refractivity contribution is 5.96. The molecule has 1 aliphatic rings. The number of aryl methyl sites for hydroxylation is 1. The Balaban J connectivity index is 0.000000321. The van der Waals surface area contributed by atoms with Crippen molar-refractivity contribution in [1.82, 2.24) is 0 Å². The predicted molar refractivity (Wildman–Crippen MR) is 82.9 cm³/mol. The molecule has 0 radical (unpaired) electrons. The minimum atomic E-state index is 0.750. The number of isocyanates is 2. The van der Waals surface area contributed by atoms with Gasteiger partial charge in [-0.15, -0.1) is 0 Å². The maximum absolute atomic E-state index is 8.35. The lowest BCUT2D eigenvalue weighted by Crippen LogP contribution is -1.96. The van der Waals surface area contributed by atoms with E-state index in [1.165, 1.54) is 27.5 Å². The van der Waals surface area contributed by atoms with Gasteiger partial charge in [0.15, 0.2) is 0 Å². The van der Waals surface area contributed by atoms with E-state index in [0.717, 1.165) is 25.0 Å². The van der Waals surface area contributed by atoms with Gasteiger partial charge in [-0.2, -0.15) is 0 Å². The van der Waals surface area contributed by atoms with E-state index in [9.17, 15) is 0 Å². The van der Waals surface area contributed by atoms with Crippen LogP contribution in [-0.2, 0) is 22.4 Å². The van der Waals surface area contributed by atoms with Crippen LogP contribution >= 0.6 is 0 Å². The summed E-state index contributed by atoms with van der Waals surface area (Å²) in [6, 6.07) is 11.1. The predicted octanol–water partition coefficient (Wildman–Crippen LogP) is 3.77. The Labute approximate surface area is 123 Å². The van der Waals surface area contributed by atoms with E-state index in [4.69, 9.17) is 20.4 Å². The summed E-state index contributed by atoms with van der Waals surface area (Å²) >= 11 is 0. The zero-order valence-electron chi connectivity index (χ0n) is 11.8. The van der Waals surface area contributed by atoms with Gasteiger partial charge in [0, 0.05) is 0 Å². The summed E-state index contributed by atoms with van der Waals surface area (Å²) in [5.41, 5.74) is 4.38. The summed E-state index contributed by atoms with van der Waals surface area (Å²) in [6.45, 7) is 2.22. The number of carbonyl (C=O) groups excluding carboxylic acids is 2. The Bertz CT molecular complexity index is 709. The highest BCUT2D eigenvalue weighted by atomic mass is 16.1. The number of benzene rings is 2. The van der Waals surface area contributed by atoms with Crippen molar-refractivity contribution in [3.63, 3.8) is 0 Å². The Kier molecular flexibility index (Phi) is 6.49. The molecule has 0 saturated carbocycles. The van der Waals surface area contributed by atoms with Crippen LogP contribution in [0.15, 0.2) is 36.4 Å². The monoisotopic (exact) mass is 280 g/mol. The van der Waals surface area contributed by atoms with Gasteiger partial charge in [0.05, 0.1) is 0 Å². The van der Waals surface area contributed by atoms with Crippen molar-refractivity contribution in [2.75, 3.05) is 0 Å². The summed E-state index contributed by atoms with van der Waals surface area (Å²) < 4.78 is 0. The first-order chi connectivity index (χ1) is 10.2. The Morgan fingerprint density at radius 3 is 2.38 bits per heavy atom. The lowest BCUT2D eigenvalue weighted by molar-refractivity contribution is 0.562. The van der Waals surface area contributed by atoms with Crippen molar-refractivity contribution >= 4 is 29.0 Å². The SMILES string of the molecule is CCc1ccc2cccc3c2c1C=CC3.N=C=O.N=C=O. The van der Waals surface area contributed by atoms with E-state index < -0.39 is 0 Å². The number of hydrogen-bond donors (Lipinski definition) is 2. The quantitative estimate of drug-likeness (QED) is 0.615. The molecule has 0 fully saturated rings. The van der Waals surface area contributed by atoms with Crippen LogP contribution < -0.4 is 0 Å². The second kappa shape index (κ2) is 8.39. The summed E-state index contributed by atoms with van der Waals surface area (Å²) in [7, 11) is 0. The molecule has 0 bridgehead atoms. The van der Waals surface area contributed by atoms with Gasteiger partial charge in [-0.05, 0) is 40.3 Å². The van der Waals surface area contributed by atoms with Gasteiger partial charge in [0.1, 0.15) is 0 Å². The normalized spacial score (nSPS) is 10.3. The smallest absolute Gasteiger partial charge is 0.222 e. The van der Waals surface area contributed by atoms with Crippen LogP contribution in [0.3, 0.4) is 0 Å².